The van der Waals surface area contributed by atoms with Crippen LogP contribution in [0.25, 0.3) is 0 Å². The van der Waals surface area contributed by atoms with Gasteiger partial charge in [-0.05, 0) is 37.0 Å². The first-order valence-corrected chi connectivity index (χ1v) is 7.09. The van der Waals surface area contributed by atoms with Gasteiger partial charge in [0.2, 0.25) is 0 Å². The van der Waals surface area contributed by atoms with Crippen LogP contribution in [0.1, 0.15) is 25.8 Å². The molecule has 0 aromatic heterocycles. The van der Waals surface area contributed by atoms with Gasteiger partial charge in [0.15, 0.2) is 0 Å². The van der Waals surface area contributed by atoms with Crippen LogP contribution in [0.2, 0.25) is 0 Å². The highest BCUT2D eigenvalue weighted by Gasteiger charge is 2.30. The lowest BCUT2D eigenvalue weighted by Crippen LogP contribution is -2.43. The van der Waals surface area contributed by atoms with Crippen LogP contribution in [0.15, 0.2) is 24.3 Å². The molecule has 0 saturated heterocycles. The molecule has 1 rings (SSSR count). The van der Waals surface area contributed by atoms with E-state index in [1.807, 2.05) is 26.8 Å². The summed E-state index contributed by atoms with van der Waals surface area (Å²) >= 11 is -2.38. The van der Waals surface area contributed by atoms with E-state index in [4.69, 9.17) is 0 Å². The van der Waals surface area contributed by atoms with Gasteiger partial charge in [-0.3, -0.25) is 8.86 Å². The van der Waals surface area contributed by atoms with E-state index in [9.17, 15) is 18.7 Å². The third-order valence-electron chi connectivity index (χ3n) is 2.69. The Morgan fingerprint density at radius 2 is 2.05 bits per heavy atom. The van der Waals surface area contributed by atoms with Gasteiger partial charge in [0.1, 0.15) is 6.04 Å². The summed E-state index contributed by atoms with van der Waals surface area (Å²) in [5.74, 6) is -0.991. The molecule has 106 valence electrons. The van der Waals surface area contributed by atoms with E-state index in [2.05, 4.69) is 0 Å². The zero-order chi connectivity index (χ0) is 14.6. The van der Waals surface area contributed by atoms with Crippen molar-refractivity contribution < 1.29 is 18.7 Å². The highest BCUT2D eigenvalue weighted by molar-refractivity contribution is 7.80. The van der Waals surface area contributed by atoms with Gasteiger partial charge in [-0.25, -0.2) is 9.00 Å². The summed E-state index contributed by atoms with van der Waals surface area (Å²) in [5, 5.41) is 9.28. The molecule has 0 aliphatic heterocycles. The lowest BCUT2D eigenvalue weighted by Gasteiger charge is -2.28. The zero-order valence-corrected chi connectivity index (χ0v) is 12.1. The van der Waals surface area contributed by atoms with Crippen LogP contribution in [-0.4, -0.2) is 25.9 Å². The van der Waals surface area contributed by atoms with Crippen molar-refractivity contribution in [1.29, 1.82) is 0 Å². The average molecular weight is 285 g/mol. The van der Waals surface area contributed by atoms with Gasteiger partial charge in [-0.1, -0.05) is 26.0 Å². The second kappa shape index (κ2) is 6.68. The maximum atomic E-state index is 11.5. The fourth-order valence-electron chi connectivity index (χ4n) is 1.89. The Bertz CT molecular complexity index is 475. The number of aryl methyl sites for hydroxylation is 1. The lowest BCUT2D eigenvalue weighted by molar-refractivity contribution is -0.138. The molecule has 2 N–H and O–H groups in total. The Balaban J connectivity index is 3.17. The van der Waals surface area contributed by atoms with E-state index in [0.29, 0.717) is 12.1 Å². The molecule has 0 aliphatic carbocycles. The predicted octanol–water partition coefficient (Wildman–Crippen LogP) is 2.44. The van der Waals surface area contributed by atoms with E-state index >= 15 is 0 Å². The molecule has 19 heavy (non-hydrogen) atoms. The molecular weight excluding hydrogens is 266 g/mol. The first kappa shape index (κ1) is 15.7. The standard InChI is InChI=1S/C13H19NO4S/c1-9(2)7-12(13(15)16)14(19(17)18)11-6-4-5-10(3)8-11/h4-6,8-9,12H,7H2,1-3H3,(H,15,16)(H,17,18). The minimum atomic E-state index is -2.38. The molecule has 0 amide bonds. The summed E-state index contributed by atoms with van der Waals surface area (Å²) in [7, 11) is 0. The maximum Gasteiger partial charge on any atom is 0.327 e. The van der Waals surface area contributed by atoms with Crippen LogP contribution >= 0.6 is 0 Å². The minimum absolute atomic E-state index is 0.108. The molecule has 0 spiro atoms. The molecule has 0 aliphatic rings. The monoisotopic (exact) mass is 285 g/mol. The Labute approximate surface area is 115 Å². The molecule has 2 unspecified atom stereocenters. The lowest BCUT2D eigenvalue weighted by atomic mass is 10.0. The number of aliphatic carboxylic acids is 1. The molecule has 1 aromatic rings. The minimum Gasteiger partial charge on any atom is -0.480 e. The van der Waals surface area contributed by atoms with E-state index in [1.165, 1.54) is 0 Å². The number of hydrogen-bond donors (Lipinski definition) is 2. The quantitative estimate of drug-likeness (QED) is 0.787. The third-order valence-corrected chi connectivity index (χ3v) is 3.49. The van der Waals surface area contributed by atoms with Gasteiger partial charge < -0.3 is 5.11 Å². The summed E-state index contributed by atoms with van der Waals surface area (Å²) in [4.78, 5) is 11.4. The maximum absolute atomic E-state index is 11.5. The van der Waals surface area contributed by atoms with Gasteiger partial charge in [-0.15, -0.1) is 0 Å². The fraction of sp³-hybridized carbons (Fsp3) is 0.462. The number of hydrogen-bond acceptors (Lipinski definition) is 2. The van der Waals surface area contributed by atoms with Gasteiger partial charge in [-0.2, -0.15) is 0 Å². The second-order valence-corrected chi connectivity index (χ2v) is 5.73. The molecule has 0 fully saturated rings. The van der Waals surface area contributed by atoms with Crippen LogP contribution in [0, 0.1) is 12.8 Å². The van der Waals surface area contributed by atoms with Gasteiger partial charge in [0.25, 0.3) is 11.3 Å². The van der Waals surface area contributed by atoms with Crippen LogP contribution in [0.4, 0.5) is 5.69 Å². The number of nitrogens with zero attached hydrogens (tertiary/aromatic N) is 1. The summed E-state index contributed by atoms with van der Waals surface area (Å²) in [5.41, 5.74) is 1.34. The van der Waals surface area contributed by atoms with Gasteiger partial charge in [0.05, 0.1) is 5.69 Å². The van der Waals surface area contributed by atoms with Crippen LogP contribution in [0.5, 0.6) is 0 Å². The van der Waals surface area contributed by atoms with Gasteiger partial charge >= 0.3 is 5.97 Å². The van der Waals surface area contributed by atoms with Crippen LogP contribution in [-0.2, 0) is 16.1 Å². The van der Waals surface area contributed by atoms with E-state index in [0.717, 1.165) is 9.87 Å². The summed E-state index contributed by atoms with van der Waals surface area (Å²) in [6.45, 7) is 5.61. The average Bonchev–Trinajstić information content (AvgIpc) is 2.27. The van der Waals surface area contributed by atoms with Crippen molar-refractivity contribution in [1.82, 2.24) is 0 Å². The van der Waals surface area contributed by atoms with E-state index in [-0.39, 0.29) is 5.92 Å². The van der Waals surface area contributed by atoms with Crippen LogP contribution < -0.4 is 4.31 Å². The molecule has 5 nitrogen and oxygen atoms in total. The molecule has 6 heteroatoms. The number of rotatable bonds is 6. The molecule has 0 saturated carbocycles. The summed E-state index contributed by atoms with van der Waals surface area (Å²) in [6.07, 6.45) is 0.301. The topological polar surface area (TPSA) is 77.8 Å². The SMILES string of the molecule is Cc1cccc(N(C(CC(C)C)C(=O)O)S(=O)O)c1. The largest absolute Gasteiger partial charge is 0.480 e. The van der Waals surface area contributed by atoms with Crippen LogP contribution in [0.3, 0.4) is 0 Å². The zero-order valence-electron chi connectivity index (χ0n) is 11.2. The van der Waals surface area contributed by atoms with Crippen molar-refractivity contribution in [3.05, 3.63) is 29.8 Å². The van der Waals surface area contributed by atoms with Crippen molar-refractivity contribution in [2.24, 2.45) is 5.92 Å². The number of carboxylic acids is 1. The molecule has 0 heterocycles. The Kier molecular flexibility index (Phi) is 5.50. The van der Waals surface area contributed by atoms with Crippen molar-refractivity contribution >= 4 is 22.9 Å². The molecular formula is C13H19NO4S. The van der Waals surface area contributed by atoms with Crippen molar-refractivity contribution in [3.63, 3.8) is 0 Å². The number of carboxylic acid groups (broad SMARTS) is 1. The molecule has 0 radical (unpaired) electrons. The normalized spacial score (nSPS) is 14.2. The molecule has 0 bridgehead atoms. The number of carbonyl (C=O) groups is 1. The molecule has 2 atom stereocenters. The summed E-state index contributed by atoms with van der Waals surface area (Å²) in [6, 6.07) is 5.90. The smallest absolute Gasteiger partial charge is 0.327 e. The Hall–Kier alpha value is -1.40. The number of anilines is 1. The van der Waals surface area contributed by atoms with Crippen molar-refractivity contribution in [2.75, 3.05) is 4.31 Å². The second-order valence-electron chi connectivity index (χ2n) is 4.88. The molecule has 1 aromatic carbocycles. The third kappa shape index (κ3) is 4.33. The van der Waals surface area contributed by atoms with Crippen molar-refractivity contribution in [3.8, 4) is 0 Å². The van der Waals surface area contributed by atoms with E-state index in [1.54, 1.807) is 18.2 Å². The predicted molar refractivity (Wildman–Crippen MR) is 75.3 cm³/mol. The highest BCUT2D eigenvalue weighted by Crippen LogP contribution is 2.23. The number of benzene rings is 1. The summed E-state index contributed by atoms with van der Waals surface area (Å²) < 4.78 is 22.0. The van der Waals surface area contributed by atoms with Crippen molar-refractivity contribution in [2.45, 2.75) is 33.2 Å². The van der Waals surface area contributed by atoms with Gasteiger partial charge in [0, 0.05) is 0 Å². The Morgan fingerprint density at radius 1 is 1.42 bits per heavy atom. The Morgan fingerprint density at radius 3 is 2.47 bits per heavy atom. The first-order chi connectivity index (χ1) is 8.82. The first-order valence-electron chi connectivity index (χ1n) is 6.02. The fourth-order valence-corrected chi connectivity index (χ4v) is 2.58. The van der Waals surface area contributed by atoms with E-state index < -0.39 is 23.3 Å². The highest BCUT2D eigenvalue weighted by atomic mass is 32.2.